The first-order valence-corrected chi connectivity index (χ1v) is 26.8. The molecule has 9 nitrogen and oxygen atoms in total. The summed E-state index contributed by atoms with van der Waals surface area (Å²) in [5.74, 6) is -0.545. The highest BCUT2D eigenvalue weighted by Gasteiger charge is 2.23. The minimum Gasteiger partial charge on any atom is -0.463 e. The van der Waals surface area contributed by atoms with Crippen LogP contribution in [0.25, 0.3) is 0 Å². The molecule has 0 bridgehead atoms. The van der Waals surface area contributed by atoms with Crippen molar-refractivity contribution in [3.05, 3.63) is 60.8 Å². The Morgan fingerprint density at radius 2 is 0.919 bits per heavy atom. The molecule has 0 spiro atoms. The Kier molecular flexibility index (Phi) is 46.4. The summed E-state index contributed by atoms with van der Waals surface area (Å²) in [6.45, 7) is 3.43. The highest BCUT2D eigenvalue weighted by Crippen LogP contribution is 2.42. The van der Waals surface area contributed by atoms with Crippen molar-refractivity contribution in [1.29, 1.82) is 0 Å². The molecule has 0 saturated heterocycles. The van der Waals surface area contributed by atoms with Gasteiger partial charge in [-0.1, -0.05) is 216 Å². The van der Waals surface area contributed by atoms with E-state index in [1.165, 1.54) is 122 Å². The van der Waals surface area contributed by atoms with E-state index in [1.54, 1.807) is 0 Å². The smallest absolute Gasteiger partial charge is 0.463 e. The van der Waals surface area contributed by atoms with Gasteiger partial charge in [0.1, 0.15) is 12.7 Å². The van der Waals surface area contributed by atoms with Crippen LogP contribution in [0.4, 0.5) is 0 Å². The third-order valence-corrected chi connectivity index (χ3v) is 11.7. The second-order valence-electron chi connectivity index (χ2n) is 16.8. The van der Waals surface area contributed by atoms with Gasteiger partial charge in [-0.3, -0.25) is 18.6 Å². The molecule has 0 rings (SSSR count). The zero-order valence-corrected chi connectivity index (χ0v) is 40.7. The lowest BCUT2D eigenvalue weighted by Crippen LogP contribution is -2.27. The van der Waals surface area contributed by atoms with Crippen LogP contribution in [0.1, 0.15) is 226 Å². The lowest BCUT2D eigenvalue weighted by Gasteiger charge is -2.15. The summed E-state index contributed by atoms with van der Waals surface area (Å²) >= 11 is 0. The van der Waals surface area contributed by atoms with Gasteiger partial charge in [-0.05, 0) is 57.8 Å². The van der Waals surface area contributed by atoms with Crippen LogP contribution < -0.4 is 5.32 Å². The van der Waals surface area contributed by atoms with Crippen LogP contribution in [-0.4, -0.2) is 54.3 Å². The molecule has 0 saturated carbocycles. The number of phosphoric ester groups is 1. The zero-order chi connectivity index (χ0) is 45.3. The Labute approximate surface area is 380 Å². The van der Waals surface area contributed by atoms with Gasteiger partial charge in [-0.2, -0.15) is 0 Å². The fourth-order valence-corrected chi connectivity index (χ4v) is 7.69. The summed E-state index contributed by atoms with van der Waals surface area (Å²) in [6.07, 6.45) is 58.8. The number of ether oxygens (including phenoxy) is 1. The molecule has 2 atom stereocenters. The minimum atomic E-state index is -4.43. The quantitative estimate of drug-likeness (QED) is 0.0238. The van der Waals surface area contributed by atoms with Gasteiger partial charge in [-0.25, -0.2) is 4.57 Å². The van der Waals surface area contributed by atoms with Crippen molar-refractivity contribution in [2.75, 3.05) is 26.4 Å². The van der Waals surface area contributed by atoms with E-state index in [4.69, 9.17) is 13.8 Å². The Balaban J connectivity index is 3.59. The third kappa shape index (κ3) is 48.7. The molecule has 62 heavy (non-hydrogen) atoms. The van der Waals surface area contributed by atoms with E-state index >= 15 is 0 Å². The number of aliphatic hydroxyl groups is 1. The van der Waals surface area contributed by atoms with Gasteiger partial charge >= 0.3 is 13.8 Å². The Morgan fingerprint density at radius 3 is 1.39 bits per heavy atom. The number of nitrogens with one attached hydrogen (secondary N) is 1. The molecular weight excluding hydrogens is 798 g/mol. The molecule has 0 aromatic heterocycles. The first kappa shape index (κ1) is 59.7. The average molecular weight is 892 g/mol. The molecule has 0 aromatic carbocycles. The van der Waals surface area contributed by atoms with Crippen LogP contribution in [0, 0.1) is 0 Å². The normalized spacial score (nSPS) is 13.7. The molecule has 3 N–H and O–H groups in total. The molecule has 360 valence electrons. The minimum absolute atomic E-state index is 0.0620. The summed E-state index contributed by atoms with van der Waals surface area (Å²) in [5, 5.41) is 12.7. The molecular formula is C52H94NO8P. The van der Waals surface area contributed by atoms with E-state index in [0.717, 1.165) is 77.0 Å². The van der Waals surface area contributed by atoms with Crippen molar-refractivity contribution in [3.63, 3.8) is 0 Å². The summed E-state index contributed by atoms with van der Waals surface area (Å²) < 4.78 is 27.0. The van der Waals surface area contributed by atoms with Gasteiger partial charge in [-0.15, -0.1) is 0 Å². The van der Waals surface area contributed by atoms with Crippen molar-refractivity contribution in [1.82, 2.24) is 5.32 Å². The molecule has 0 aliphatic carbocycles. The standard InChI is InChI=1S/C52H94NO8P/c1-3-5-7-9-11-13-15-17-19-21-23-24-25-27-29-31-33-35-37-39-41-43-45-52(56)59-48-50(54)49-61-62(57,58)60-47-46-53-51(55)44-42-40-38-36-34-32-30-28-26-22-20-18-16-14-12-10-8-6-4-2/h6,8,12,14,18,20,26,28,32,34,50,54H,3-5,7,9-11,13,15-17,19,21-25,27,29-31,33,35-49H2,1-2H3,(H,53,55)(H,57,58)/b8-6-,14-12-,20-18-,28-26-,34-32-. The van der Waals surface area contributed by atoms with Crippen molar-refractivity contribution < 1.29 is 37.9 Å². The summed E-state index contributed by atoms with van der Waals surface area (Å²) in [4.78, 5) is 34.0. The van der Waals surface area contributed by atoms with Gasteiger partial charge in [0.25, 0.3) is 0 Å². The number of phosphoric acid groups is 1. The molecule has 1 amide bonds. The maximum Gasteiger partial charge on any atom is 0.472 e. The first-order chi connectivity index (χ1) is 30.3. The van der Waals surface area contributed by atoms with Gasteiger partial charge in [0.15, 0.2) is 0 Å². The molecule has 0 heterocycles. The van der Waals surface area contributed by atoms with Crippen LogP contribution in [0.5, 0.6) is 0 Å². The number of allylic oxidation sites excluding steroid dienone is 10. The van der Waals surface area contributed by atoms with Crippen LogP contribution in [0.2, 0.25) is 0 Å². The predicted molar refractivity (Wildman–Crippen MR) is 261 cm³/mol. The van der Waals surface area contributed by atoms with E-state index in [9.17, 15) is 24.2 Å². The number of rotatable bonds is 47. The maximum atomic E-state index is 12.1. The van der Waals surface area contributed by atoms with Crippen molar-refractivity contribution in [3.8, 4) is 0 Å². The SMILES string of the molecule is CC/C=C\C/C=C\C/C=C\C/C=C\C/C=C\CCCCCC(=O)NCCOP(=O)(O)OCC(O)COC(=O)CCCCCCCCCCCCCCCCCCCCCCCC. The van der Waals surface area contributed by atoms with E-state index in [0.29, 0.717) is 6.42 Å². The van der Waals surface area contributed by atoms with Gasteiger partial charge in [0, 0.05) is 19.4 Å². The van der Waals surface area contributed by atoms with Crippen LogP contribution >= 0.6 is 7.82 Å². The largest absolute Gasteiger partial charge is 0.472 e. The fourth-order valence-electron chi connectivity index (χ4n) is 6.94. The number of amides is 1. The van der Waals surface area contributed by atoms with Crippen LogP contribution in [-0.2, 0) is 27.9 Å². The van der Waals surface area contributed by atoms with Crippen molar-refractivity contribution in [2.24, 2.45) is 0 Å². The Bertz CT molecular complexity index is 1200. The number of esters is 1. The average Bonchev–Trinajstić information content (AvgIpc) is 3.26. The van der Waals surface area contributed by atoms with E-state index in [2.05, 4.69) is 79.9 Å². The maximum absolute atomic E-state index is 12.1. The molecule has 0 aliphatic heterocycles. The third-order valence-electron chi connectivity index (χ3n) is 10.7. The van der Waals surface area contributed by atoms with Crippen LogP contribution in [0.15, 0.2) is 60.8 Å². The van der Waals surface area contributed by atoms with Gasteiger partial charge < -0.3 is 20.1 Å². The monoisotopic (exact) mass is 892 g/mol. The fraction of sp³-hybridized carbons (Fsp3) is 0.769. The second-order valence-corrected chi connectivity index (χ2v) is 18.2. The molecule has 0 radical (unpaired) electrons. The molecule has 0 aliphatic rings. The lowest BCUT2D eigenvalue weighted by atomic mass is 10.0. The van der Waals surface area contributed by atoms with E-state index in [-0.39, 0.29) is 32.1 Å². The number of aliphatic hydroxyl groups excluding tert-OH is 1. The Hall–Kier alpha value is -2.29. The molecule has 2 unspecified atom stereocenters. The van der Waals surface area contributed by atoms with Crippen molar-refractivity contribution >= 4 is 19.7 Å². The molecule has 0 aromatic rings. The molecule has 0 fully saturated rings. The highest BCUT2D eigenvalue weighted by atomic mass is 31.2. The number of carbonyl (C=O) groups is 2. The van der Waals surface area contributed by atoms with Gasteiger partial charge in [0.2, 0.25) is 5.91 Å². The van der Waals surface area contributed by atoms with Gasteiger partial charge in [0.05, 0.1) is 13.2 Å². The topological polar surface area (TPSA) is 131 Å². The lowest BCUT2D eigenvalue weighted by molar-refractivity contribution is -0.147. The summed E-state index contributed by atoms with van der Waals surface area (Å²) in [7, 11) is -4.43. The highest BCUT2D eigenvalue weighted by molar-refractivity contribution is 7.47. The summed E-state index contributed by atoms with van der Waals surface area (Å²) in [6, 6.07) is 0. The first-order valence-electron chi connectivity index (χ1n) is 25.3. The summed E-state index contributed by atoms with van der Waals surface area (Å²) in [5.41, 5.74) is 0. The predicted octanol–water partition coefficient (Wildman–Crippen LogP) is 14.8. The number of hydrogen-bond donors (Lipinski definition) is 3. The van der Waals surface area contributed by atoms with Crippen LogP contribution in [0.3, 0.4) is 0 Å². The zero-order valence-electron chi connectivity index (χ0n) is 39.8. The molecule has 10 heteroatoms. The van der Waals surface area contributed by atoms with E-state index < -0.39 is 26.5 Å². The number of carbonyl (C=O) groups excluding carboxylic acids is 2. The number of unbranched alkanes of at least 4 members (excludes halogenated alkanes) is 24. The number of hydrogen-bond acceptors (Lipinski definition) is 7. The van der Waals surface area contributed by atoms with Crippen molar-refractivity contribution in [2.45, 2.75) is 232 Å². The van der Waals surface area contributed by atoms with E-state index in [1.807, 2.05) is 0 Å². The second kappa shape index (κ2) is 48.2. The Morgan fingerprint density at radius 1 is 0.516 bits per heavy atom.